The van der Waals surface area contributed by atoms with Gasteiger partial charge in [-0.3, -0.25) is 0 Å². The summed E-state index contributed by atoms with van der Waals surface area (Å²) in [5.41, 5.74) is -0.142. The molecule has 0 spiro atoms. The number of esters is 1. The number of methoxy groups -OCH3 is 1. The Hall–Kier alpha value is -1.69. The monoisotopic (exact) mass is 274 g/mol. The van der Waals surface area contributed by atoms with Crippen molar-refractivity contribution in [3.8, 4) is 5.75 Å². The zero-order valence-corrected chi connectivity index (χ0v) is 10.9. The normalized spacial score (nSPS) is 13.8. The fourth-order valence-electron chi connectivity index (χ4n) is 1.63. The number of rotatable bonds is 5. The second-order valence-electron chi connectivity index (χ2n) is 3.90. The van der Waals surface area contributed by atoms with Gasteiger partial charge in [0.2, 0.25) is 0 Å². The summed E-state index contributed by atoms with van der Waals surface area (Å²) in [6, 6.07) is 2.15. The molecule has 1 aromatic rings. The molecule has 1 N–H and O–H groups in total. The summed E-state index contributed by atoms with van der Waals surface area (Å²) in [7, 11) is 1.19. The fourth-order valence-corrected chi connectivity index (χ4v) is 1.63. The van der Waals surface area contributed by atoms with Crippen molar-refractivity contribution in [1.29, 1.82) is 0 Å². The smallest absolute Gasteiger partial charge is 0.339 e. The summed E-state index contributed by atoms with van der Waals surface area (Å²) in [4.78, 5) is 11.5. The number of ether oxygens (including phenoxy) is 2. The molecule has 1 aromatic carbocycles. The first-order valence-electron chi connectivity index (χ1n) is 5.78. The Morgan fingerprint density at radius 1 is 1.47 bits per heavy atom. The number of alkyl halides is 1. The van der Waals surface area contributed by atoms with Crippen LogP contribution in [0.3, 0.4) is 0 Å². The van der Waals surface area contributed by atoms with Gasteiger partial charge in [-0.15, -0.1) is 0 Å². The van der Waals surface area contributed by atoms with E-state index >= 15 is 0 Å². The van der Waals surface area contributed by atoms with Crippen LogP contribution in [0, 0.1) is 5.82 Å². The van der Waals surface area contributed by atoms with E-state index in [9.17, 15) is 18.7 Å². The van der Waals surface area contributed by atoms with Crippen LogP contribution in [0.1, 0.15) is 37.3 Å². The van der Waals surface area contributed by atoms with E-state index in [1.165, 1.54) is 20.1 Å². The third kappa shape index (κ3) is 3.41. The van der Waals surface area contributed by atoms with Crippen LogP contribution in [0.25, 0.3) is 0 Å². The van der Waals surface area contributed by atoms with Gasteiger partial charge in [-0.1, -0.05) is 0 Å². The van der Waals surface area contributed by atoms with Crippen molar-refractivity contribution in [1.82, 2.24) is 0 Å². The van der Waals surface area contributed by atoms with E-state index in [2.05, 4.69) is 4.74 Å². The number of hydrogen-bond acceptors (Lipinski definition) is 4. The first-order valence-corrected chi connectivity index (χ1v) is 5.78. The minimum Gasteiger partial charge on any atom is -0.493 e. The predicted octanol–water partition coefficient (Wildman–Crippen LogP) is 2.46. The molecule has 0 aliphatic rings. The van der Waals surface area contributed by atoms with Crippen LogP contribution in [0.4, 0.5) is 8.78 Å². The summed E-state index contributed by atoms with van der Waals surface area (Å²) in [6.07, 6.45) is -3.16. The predicted molar refractivity (Wildman–Crippen MR) is 64.1 cm³/mol. The number of hydrogen-bond donors (Lipinski definition) is 1. The molecule has 0 aromatic heterocycles. The average molecular weight is 274 g/mol. The summed E-state index contributed by atoms with van der Waals surface area (Å²) in [6.45, 7) is 2.87. The summed E-state index contributed by atoms with van der Waals surface area (Å²) >= 11 is 0. The molecular formula is C13H16F2O4. The lowest BCUT2D eigenvalue weighted by Crippen LogP contribution is -2.17. The molecule has 19 heavy (non-hydrogen) atoms. The molecule has 0 radical (unpaired) electrons. The molecule has 2 unspecified atom stereocenters. The number of halogens is 2. The quantitative estimate of drug-likeness (QED) is 0.838. The lowest BCUT2D eigenvalue weighted by molar-refractivity contribution is -0.153. The molecule has 0 amide bonds. The number of aliphatic hydroxyl groups excluding tert-OH is 1. The van der Waals surface area contributed by atoms with E-state index in [-0.39, 0.29) is 23.5 Å². The van der Waals surface area contributed by atoms with Crippen molar-refractivity contribution >= 4 is 5.97 Å². The van der Waals surface area contributed by atoms with Gasteiger partial charge in [-0.25, -0.2) is 13.6 Å². The summed E-state index contributed by atoms with van der Waals surface area (Å²) in [5.74, 6) is -2.09. The molecule has 106 valence electrons. The highest BCUT2D eigenvalue weighted by atomic mass is 19.1. The van der Waals surface area contributed by atoms with Crippen molar-refractivity contribution in [2.75, 3.05) is 13.7 Å². The Kier molecular flexibility index (Phi) is 5.23. The van der Waals surface area contributed by atoms with Gasteiger partial charge in [0.15, 0.2) is 17.7 Å². The molecular weight excluding hydrogens is 258 g/mol. The zero-order chi connectivity index (χ0) is 14.6. The molecule has 4 nitrogen and oxygen atoms in total. The molecule has 0 bridgehead atoms. The third-order valence-electron chi connectivity index (χ3n) is 2.56. The van der Waals surface area contributed by atoms with Crippen LogP contribution in [-0.4, -0.2) is 24.8 Å². The van der Waals surface area contributed by atoms with E-state index in [1.54, 1.807) is 6.92 Å². The van der Waals surface area contributed by atoms with Gasteiger partial charge >= 0.3 is 5.97 Å². The largest absolute Gasteiger partial charge is 0.493 e. The first-order chi connectivity index (χ1) is 8.92. The van der Waals surface area contributed by atoms with Gasteiger partial charge < -0.3 is 14.6 Å². The van der Waals surface area contributed by atoms with Crippen molar-refractivity contribution in [2.45, 2.75) is 26.1 Å². The fraction of sp³-hybridized carbons (Fsp3) is 0.462. The second kappa shape index (κ2) is 6.47. The van der Waals surface area contributed by atoms with Crippen LogP contribution in [0.2, 0.25) is 0 Å². The number of carbonyl (C=O) groups is 1. The molecule has 0 heterocycles. The van der Waals surface area contributed by atoms with Crippen molar-refractivity contribution in [3.05, 3.63) is 29.1 Å². The molecule has 0 aliphatic heterocycles. The van der Waals surface area contributed by atoms with E-state index in [4.69, 9.17) is 4.74 Å². The molecule has 0 fully saturated rings. The lowest BCUT2D eigenvalue weighted by Gasteiger charge is -2.16. The first kappa shape index (κ1) is 15.4. The highest BCUT2D eigenvalue weighted by Crippen LogP contribution is 2.33. The highest BCUT2D eigenvalue weighted by Gasteiger charge is 2.26. The van der Waals surface area contributed by atoms with Crippen LogP contribution < -0.4 is 4.74 Å². The van der Waals surface area contributed by atoms with Crippen LogP contribution in [-0.2, 0) is 9.53 Å². The maximum Gasteiger partial charge on any atom is 0.339 e. The lowest BCUT2D eigenvalue weighted by atomic mass is 10.0. The Balaban J connectivity index is 3.26. The Labute approximate surface area is 109 Å². The van der Waals surface area contributed by atoms with Gasteiger partial charge in [0.25, 0.3) is 0 Å². The third-order valence-corrected chi connectivity index (χ3v) is 2.56. The van der Waals surface area contributed by atoms with Crippen LogP contribution in [0.5, 0.6) is 5.75 Å². The molecule has 1 rings (SSSR count). The highest BCUT2D eigenvalue weighted by molar-refractivity contribution is 5.77. The minimum atomic E-state index is -1.72. The maximum atomic E-state index is 13.7. The van der Waals surface area contributed by atoms with Gasteiger partial charge in [0.05, 0.1) is 13.7 Å². The van der Waals surface area contributed by atoms with Crippen molar-refractivity contribution in [2.24, 2.45) is 0 Å². The maximum absolute atomic E-state index is 13.7. The molecule has 0 aliphatic carbocycles. The van der Waals surface area contributed by atoms with Crippen LogP contribution in [0.15, 0.2) is 12.1 Å². The van der Waals surface area contributed by atoms with Gasteiger partial charge in [-0.2, -0.15) is 0 Å². The molecule has 0 saturated carbocycles. The molecule has 6 heteroatoms. The van der Waals surface area contributed by atoms with Gasteiger partial charge in [-0.05, 0) is 31.5 Å². The van der Waals surface area contributed by atoms with E-state index in [1.807, 2.05) is 0 Å². The van der Waals surface area contributed by atoms with Gasteiger partial charge in [0, 0.05) is 5.56 Å². The second-order valence-corrected chi connectivity index (χ2v) is 3.90. The number of benzene rings is 1. The van der Waals surface area contributed by atoms with E-state index in [0.29, 0.717) is 0 Å². The Bertz CT molecular complexity index is 460. The Morgan fingerprint density at radius 2 is 2.11 bits per heavy atom. The van der Waals surface area contributed by atoms with E-state index < -0.39 is 24.1 Å². The zero-order valence-electron chi connectivity index (χ0n) is 10.9. The van der Waals surface area contributed by atoms with E-state index in [0.717, 1.165) is 6.07 Å². The Morgan fingerprint density at radius 3 is 2.58 bits per heavy atom. The summed E-state index contributed by atoms with van der Waals surface area (Å²) in [5, 5.41) is 9.82. The SMILES string of the molecule is CCOC(=O)C(O)c1cc(C(C)F)cc(F)c1OC. The van der Waals surface area contributed by atoms with Gasteiger partial charge in [0.1, 0.15) is 6.17 Å². The topological polar surface area (TPSA) is 55.8 Å². The summed E-state index contributed by atoms with van der Waals surface area (Å²) < 4.78 is 36.4. The molecule has 0 saturated heterocycles. The molecule has 2 atom stereocenters. The average Bonchev–Trinajstić information content (AvgIpc) is 2.36. The standard InChI is InChI=1S/C13H16F2O4/c1-4-19-13(17)11(16)9-5-8(7(2)14)6-10(15)12(9)18-3/h5-7,11,16H,4H2,1-3H3. The van der Waals surface area contributed by atoms with Crippen LogP contribution >= 0.6 is 0 Å². The number of carbonyl (C=O) groups excluding carboxylic acids is 1. The minimum absolute atomic E-state index is 0.0108. The van der Waals surface area contributed by atoms with Crippen molar-refractivity contribution in [3.63, 3.8) is 0 Å². The van der Waals surface area contributed by atoms with Crippen molar-refractivity contribution < 1.29 is 28.2 Å². The number of aliphatic hydroxyl groups is 1.